The summed E-state index contributed by atoms with van der Waals surface area (Å²) >= 11 is 0. The summed E-state index contributed by atoms with van der Waals surface area (Å²) < 4.78 is 5.11. The SMILES string of the molecule is OC(Cc1ccoc1)C1C2CC3CC(C2)CC1C3. The van der Waals surface area contributed by atoms with Gasteiger partial charge in [-0.3, -0.25) is 0 Å². The fraction of sp³-hybridized carbons (Fsp3) is 0.750. The van der Waals surface area contributed by atoms with E-state index in [1.54, 1.807) is 12.5 Å². The summed E-state index contributed by atoms with van der Waals surface area (Å²) in [6.45, 7) is 0. The molecule has 0 radical (unpaired) electrons. The van der Waals surface area contributed by atoms with Crippen LogP contribution >= 0.6 is 0 Å². The molecule has 4 aliphatic rings. The zero-order chi connectivity index (χ0) is 12.1. The summed E-state index contributed by atoms with van der Waals surface area (Å²) in [5, 5.41) is 10.6. The first-order chi connectivity index (χ1) is 8.79. The van der Waals surface area contributed by atoms with Crippen molar-refractivity contribution in [1.29, 1.82) is 0 Å². The van der Waals surface area contributed by atoms with Crippen LogP contribution in [0.3, 0.4) is 0 Å². The van der Waals surface area contributed by atoms with Crippen LogP contribution in [-0.4, -0.2) is 11.2 Å². The van der Waals surface area contributed by atoms with Crippen LogP contribution in [-0.2, 0) is 6.42 Å². The lowest BCUT2D eigenvalue weighted by Gasteiger charge is -2.55. The first-order valence-corrected chi connectivity index (χ1v) is 7.48. The smallest absolute Gasteiger partial charge is 0.0935 e. The van der Waals surface area contributed by atoms with Gasteiger partial charge < -0.3 is 9.52 Å². The molecule has 1 unspecified atom stereocenters. The Bertz CT molecular complexity index is 381. The third-order valence-corrected chi connectivity index (χ3v) is 5.77. The molecule has 0 spiro atoms. The Labute approximate surface area is 108 Å². The highest BCUT2D eigenvalue weighted by Crippen LogP contribution is 2.57. The minimum absolute atomic E-state index is 0.155. The summed E-state index contributed by atoms with van der Waals surface area (Å²) in [5.74, 6) is 4.16. The highest BCUT2D eigenvalue weighted by molar-refractivity contribution is 5.09. The highest BCUT2D eigenvalue weighted by atomic mass is 16.3. The Balaban J connectivity index is 1.50. The maximum atomic E-state index is 10.6. The van der Waals surface area contributed by atoms with Crippen LogP contribution in [0, 0.1) is 29.6 Å². The van der Waals surface area contributed by atoms with Crippen molar-refractivity contribution in [3.8, 4) is 0 Å². The van der Waals surface area contributed by atoms with Crippen LogP contribution in [0.15, 0.2) is 23.0 Å². The van der Waals surface area contributed by atoms with Gasteiger partial charge in [0.05, 0.1) is 18.6 Å². The van der Waals surface area contributed by atoms with E-state index in [0.717, 1.165) is 35.7 Å². The number of hydrogen-bond acceptors (Lipinski definition) is 2. The topological polar surface area (TPSA) is 33.4 Å². The minimum atomic E-state index is -0.155. The quantitative estimate of drug-likeness (QED) is 0.888. The largest absolute Gasteiger partial charge is 0.472 e. The molecule has 2 nitrogen and oxygen atoms in total. The molecule has 5 rings (SSSR count). The average molecular weight is 246 g/mol. The lowest BCUT2D eigenvalue weighted by molar-refractivity contribution is -0.0887. The van der Waals surface area contributed by atoms with Gasteiger partial charge in [-0.15, -0.1) is 0 Å². The van der Waals surface area contributed by atoms with Gasteiger partial charge in [-0.1, -0.05) is 0 Å². The molecule has 0 saturated heterocycles. The average Bonchev–Trinajstić information content (AvgIpc) is 2.80. The number of hydrogen-bond donors (Lipinski definition) is 1. The molecule has 1 aromatic heterocycles. The number of furan rings is 1. The van der Waals surface area contributed by atoms with Crippen LogP contribution < -0.4 is 0 Å². The number of aliphatic hydroxyl groups excluding tert-OH is 1. The van der Waals surface area contributed by atoms with Gasteiger partial charge in [0.25, 0.3) is 0 Å². The van der Waals surface area contributed by atoms with Crippen molar-refractivity contribution < 1.29 is 9.52 Å². The van der Waals surface area contributed by atoms with Crippen molar-refractivity contribution in [3.05, 3.63) is 24.2 Å². The van der Waals surface area contributed by atoms with Crippen molar-refractivity contribution in [2.75, 3.05) is 0 Å². The van der Waals surface area contributed by atoms with Crippen molar-refractivity contribution in [1.82, 2.24) is 0 Å². The molecule has 1 aromatic rings. The van der Waals surface area contributed by atoms with Crippen molar-refractivity contribution in [3.63, 3.8) is 0 Å². The Kier molecular flexibility index (Phi) is 2.54. The highest BCUT2D eigenvalue weighted by Gasteiger charge is 2.50. The molecule has 18 heavy (non-hydrogen) atoms. The molecule has 0 aliphatic heterocycles. The maximum Gasteiger partial charge on any atom is 0.0935 e. The Morgan fingerprint density at radius 3 is 2.33 bits per heavy atom. The Hall–Kier alpha value is -0.760. The summed E-state index contributed by atoms with van der Waals surface area (Å²) in [7, 11) is 0. The van der Waals surface area contributed by atoms with Crippen LogP contribution in [0.2, 0.25) is 0 Å². The van der Waals surface area contributed by atoms with Gasteiger partial charge in [0.15, 0.2) is 0 Å². The number of rotatable bonds is 3. The molecule has 2 heteroatoms. The number of aliphatic hydroxyl groups is 1. The zero-order valence-corrected chi connectivity index (χ0v) is 10.8. The fourth-order valence-electron chi connectivity index (χ4n) is 5.38. The van der Waals surface area contributed by atoms with E-state index in [1.165, 1.54) is 32.1 Å². The van der Waals surface area contributed by atoms with Gasteiger partial charge >= 0.3 is 0 Å². The fourth-order valence-corrected chi connectivity index (χ4v) is 5.38. The van der Waals surface area contributed by atoms with Gasteiger partial charge in [0.1, 0.15) is 0 Å². The molecular weight excluding hydrogens is 224 g/mol. The minimum Gasteiger partial charge on any atom is -0.472 e. The van der Waals surface area contributed by atoms with Gasteiger partial charge in [0, 0.05) is 6.42 Å². The van der Waals surface area contributed by atoms with E-state index in [2.05, 4.69) is 0 Å². The third-order valence-electron chi connectivity index (χ3n) is 5.77. The van der Waals surface area contributed by atoms with Crippen LogP contribution in [0.4, 0.5) is 0 Å². The second-order valence-corrected chi connectivity index (χ2v) is 6.91. The molecule has 4 fully saturated rings. The predicted octanol–water partition coefficient (Wildman–Crippen LogP) is 3.26. The summed E-state index contributed by atoms with van der Waals surface area (Å²) in [4.78, 5) is 0. The van der Waals surface area contributed by atoms with E-state index < -0.39 is 0 Å². The first kappa shape index (κ1) is 11.1. The molecule has 0 amide bonds. The lowest BCUT2D eigenvalue weighted by atomic mass is 9.50. The molecule has 0 aromatic carbocycles. The van der Waals surface area contributed by atoms with Gasteiger partial charge in [-0.25, -0.2) is 0 Å². The molecule has 1 heterocycles. The summed E-state index contributed by atoms with van der Waals surface area (Å²) in [5.41, 5.74) is 1.15. The molecule has 98 valence electrons. The van der Waals surface area contributed by atoms with E-state index in [0.29, 0.717) is 5.92 Å². The van der Waals surface area contributed by atoms with E-state index in [9.17, 15) is 5.11 Å². The van der Waals surface area contributed by atoms with Crippen molar-refractivity contribution >= 4 is 0 Å². The summed E-state index contributed by atoms with van der Waals surface area (Å²) in [6, 6.07) is 1.99. The molecule has 1 atom stereocenters. The van der Waals surface area contributed by atoms with Crippen LogP contribution in [0.1, 0.15) is 37.7 Å². The molecule has 4 bridgehead atoms. The molecule has 4 saturated carbocycles. The first-order valence-electron chi connectivity index (χ1n) is 7.48. The maximum absolute atomic E-state index is 10.6. The molecule has 1 N–H and O–H groups in total. The van der Waals surface area contributed by atoms with E-state index in [-0.39, 0.29) is 6.10 Å². The van der Waals surface area contributed by atoms with Crippen LogP contribution in [0.5, 0.6) is 0 Å². The van der Waals surface area contributed by atoms with E-state index in [4.69, 9.17) is 4.42 Å². The normalized spacial score (nSPS) is 43.3. The monoisotopic (exact) mass is 246 g/mol. The summed E-state index contributed by atoms with van der Waals surface area (Å²) in [6.07, 6.45) is 11.2. The van der Waals surface area contributed by atoms with E-state index >= 15 is 0 Å². The van der Waals surface area contributed by atoms with Crippen LogP contribution in [0.25, 0.3) is 0 Å². The Morgan fingerprint density at radius 1 is 1.11 bits per heavy atom. The van der Waals surface area contributed by atoms with E-state index in [1.807, 2.05) is 6.07 Å². The second-order valence-electron chi connectivity index (χ2n) is 6.91. The lowest BCUT2D eigenvalue weighted by Crippen LogP contribution is -2.49. The van der Waals surface area contributed by atoms with Crippen molar-refractivity contribution in [2.24, 2.45) is 29.6 Å². The second kappa shape index (κ2) is 4.12. The van der Waals surface area contributed by atoms with Crippen molar-refractivity contribution in [2.45, 2.75) is 44.6 Å². The zero-order valence-electron chi connectivity index (χ0n) is 10.8. The van der Waals surface area contributed by atoms with Gasteiger partial charge in [-0.2, -0.15) is 0 Å². The third kappa shape index (κ3) is 1.73. The molecular formula is C16H22O2. The van der Waals surface area contributed by atoms with Gasteiger partial charge in [0.2, 0.25) is 0 Å². The Morgan fingerprint density at radius 2 is 1.78 bits per heavy atom. The molecule has 4 aliphatic carbocycles. The standard InChI is InChI=1S/C16H22O2/c17-15(8-10-1-2-18-9-10)16-13-4-11-3-12(6-13)7-14(16)5-11/h1-2,9,11-17H,3-8H2. The van der Waals surface area contributed by atoms with Gasteiger partial charge in [-0.05, 0) is 73.3 Å². The predicted molar refractivity (Wildman–Crippen MR) is 69.0 cm³/mol.